The highest BCUT2D eigenvalue weighted by Gasteiger charge is 2.20. The van der Waals surface area contributed by atoms with E-state index in [1.807, 2.05) is 26.2 Å². The van der Waals surface area contributed by atoms with Gasteiger partial charge in [-0.1, -0.05) is 19.0 Å². The van der Waals surface area contributed by atoms with Crippen molar-refractivity contribution in [3.05, 3.63) is 34.1 Å². The Hall–Kier alpha value is -2.28. The molecule has 0 atom stereocenters. The summed E-state index contributed by atoms with van der Waals surface area (Å²) in [5.41, 5.74) is 3.23. The summed E-state index contributed by atoms with van der Waals surface area (Å²) in [5.74, 6) is -0.0431. The van der Waals surface area contributed by atoms with Gasteiger partial charge in [-0.15, -0.1) is 11.3 Å². The summed E-state index contributed by atoms with van der Waals surface area (Å²) < 4.78 is 5.23. The fourth-order valence-corrected chi connectivity index (χ4v) is 2.85. The van der Waals surface area contributed by atoms with Gasteiger partial charge in [-0.2, -0.15) is 0 Å². The highest BCUT2D eigenvalue weighted by molar-refractivity contribution is 7.13. The third kappa shape index (κ3) is 2.59. The van der Waals surface area contributed by atoms with Gasteiger partial charge in [0.15, 0.2) is 5.13 Å². The molecule has 7 heteroatoms. The second-order valence-electron chi connectivity index (χ2n) is 5.45. The van der Waals surface area contributed by atoms with Gasteiger partial charge in [0.1, 0.15) is 0 Å². The van der Waals surface area contributed by atoms with Crippen LogP contribution in [0.5, 0.6) is 0 Å². The molecule has 22 heavy (non-hydrogen) atoms. The summed E-state index contributed by atoms with van der Waals surface area (Å²) in [5, 5.41) is 9.86. The van der Waals surface area contributed by atoms with E-state index in [-0.39, 0.29) is 11.8 Å². The van der Waals surface area contributed by atoms with E-state index < -0.39 is 0 Å². The smallest absolute Gasteiger partial charge is 0.259 e. The lowest BCUT2D eigenvalue weighted by Gasteiger charge is -2.08. The van der Waals surface area contributed by atoms with Gasteiger partial charge in [-0.25, -0.2) is 9.97 Å². The number of thiazole rings is 1. The maximum Gasteiger partial charge on any atom is 0.259 e. The van der Waals surface area contributed by atoms with Crippen molar-refractivity contribution in [3.8, 4) is 0 Å². The minimum atomic E-state index is -0.227. The Morgan fingerprint density at radius 1 is 1.32 bits per heavy atom. The molecule has 0 unspecified atom stereocenters. The van der Waals surface area contributed by atoms with E-state index >= 15 is 0 Å². The van der Waals surface area contributed by atoms with Gasteiger partial charge in [-0.3, -0.25) is 10.1 Å². The molecule has 114 valence electrons. The summed E-state index contributed by atoms with van der Waals surface area (Å²) in [6.45, 7) is 7.72. The third-order valence-electron chi connectivity index (χ3n) is 3.31. The maximum absolute atomic E-state index is 12.6. The first-order valence-electron chi connectivity index (χ1n) is 6.96. The zero-order valence-corrected chi connectivity index (χ0v) is 13.6. The van der Waals surface area contributed by atoms with Crippen LogP contribution >= 0.6 is 11.3 Å². The number of anilines is 1. The Balaban J connectivity index is 2.07. The minimum Gasteiger partial charge on any atom is -0.336 e. The number of carbonyl (C=O) groups is 1. The van der Waals surface area contributed by atoms with Crippen molar-refractivity contribution in [2.75, 3.05) is 5.32 Å². The second-order valence-corrected chi connectivity index (χ2v) is 6.30. The van der Waals surface area contributed by atoms with Crippen LogP contribution in [0, 0.1) is 13.8 Å². The van der Waals surface area contributed by atoms with Crippen LogP contribution in [-0.2, 0) is 0 Å². The van der Waals surface area contributed by atoms with E-state index in [1.165, 1.54) is 11.3 Å². The fourth-order valence-electron chi connectivity index (χ4n) is 2.16. The number of rotatable bonds is 3. The number of amides is 1. The van der Waals surface area contributed by atoms with Crippen LogP contribution < -0.4 is 5.32 Å². The molecule has 0 bridgehead atoms. The second kappa shape index (κ2) is 5.49. The number of fused-ring (bicyclic) bond motifs is 1. The van der Waals surface area contributed by atoms with Crippen LogP contribution in [0.15, 0.2) is 16.0 Å². The van der Waals surface area contributed by atoms with Gasteiger partial charge in [-0.05, 0) is 25.8 Å². The predicted octanol–water partition coefficient (Wildman–Crippen LogP) is 3.67. The molecule has 0 aromatic carbocycles. The third-order valence-corrected chi connectivity index (χ3v) is 4.19. The highest BCUT2D eigenvalue weighted by Crippen LogP contribution is 2.26. The molecule has 0 saturated carbocycles. The Labute approximate surface area is 131 Å². The lowest BCUT2D eigenvalue weighted by molar-refractivity contribution is 0.102. The quantitative estimate of drug-likeness (QED) is 0.797. The zero-order chi connectivity index (χ0) is 15.9. The maximum atomic E-state index is 12.6. The summed E-state index contributed by atoms with van der Waals surface area (Å²) in [6.07, 6.45) is 0. The molecular weight excluding hydrogens is 300 g/mol. The van der Waals surface area contributed by atoms with Crippen molar-refractivity contribution in [1.82, 2.24) is 15.1 Å². The van der Waals surface area contributed by atoms with Crippen LogP contribution in [0.4, 0.5) is 5.13 Å². The van der Waals surface area contributed by atoms with Crippen molar-refractivity contribution in [1.29, 1.82) is 0 Å². The van der Waals surface area contributed by atoms with Crippen LogP contribution in [0.3, 0.4) is 0 Å². The Morgan fingerprint density at radius 2 is 2.09 bits per heavy atom. The molecular formula is C15H16N4O2S. The van der Waals surface area contributed by atoms with E-state index in [0.29, 0.717) is 27.5 Å². The van der Waals surface area contributed by atoms with E-state index in [4.69, 9.17) is 4.52 Å². The monoisotopic (exact) mass is 316 g/mol. The first-order chi connectivity index (χ1) is 10.5. The fraction of sp³-hybridized carbons (Fsp3) is 0.333. The Kier molecular flexibility index (Phi) is 3.66. The van der Waals surface area contributed by atoms with Gasteiger partial charge < -0.3 is 4.52 Å². The van der Waals surface area contributed by atoms with E-state index in [2.05, 4.69) is 20.4 Å². The van der Waals surface area contributed by atoms with Gasteiger partial charge in [0.05, 0.1) is 22.3 Å². The molecule has 0 aliphatic rings. The lowest BCUT2D eigenvalue weighted by atomic mass is 10.0. The molecule has 0 spiro atoms. The highest BCUT2D eigenvalue weighted by atomic mass is 32.1. The first kappa shape index (κ1) is 14.6. The Bertz CT molecular complexity index is 850. The molecule has 0 saturated heterocycles. The standard InChI is InChI=1S/C15H16N4O2S/c1-7(2)11-5-10(12-9(4)19-21-14(12)17-11)13(20)18-15-16-8(3)6-22-15/h5-7H,1-4H3,(H,16,18,20). The van der Waals surface area contributed by atoms with Crippen LogP contribution in [0.25, 0.3) is 11.1 Å². The van der Waals surface area contributed by atoms with E-state index in [1.54, 1.807) is 13.0 Å². The van der Waals surface area contributed by atoms with Crippen molar-refractivity contribution < 1.29 is 9.32 Å². The van der Waals surface area contributed by atoms with Crippen LogP contribution in [-0.4, -0.2) is 21.0 Å². The number of aromatic nitrogens is 3. The molecule has 3 heterocycles. The largest absolute Gasteiger partial charge is 0.336 e. The molecule has 1 N–H and O–H groups in total. The lowest BCUT2D eigenvalue weighted by Crippen LogP contribution is -2.13. The molecule has 0 aliphatic heterocycles. The molecule has 0 aliphatic carbocycles. The summed E-state index contributed by atoms with van der Waals surface area (Å²) >= 11 is 1.40. The van der Waals surface area contributed by atoms with Gasteiger partial charge in [0.25, 0.3) is 11.6 Å². The normalized spacial score (nSPS) is 11.3. The molecule has 3 rings (SSSR count). The van der Waals surface area contributed by atoms with Crippen molar-refractivity contribution >= 4 is 33.5 Å². The number of pyridine rings is 1. The SMILES string of the molecule is Cc1csc(NC(=O)c2cc(C(C)C)nc3onc(C)c23)n1. The van der Waals surface area contributed by atoms with Gasteiger partial charge in [0, 0.05) is 11.1 Å². The number of hydrogen-bond donors (Lipinski definition) is 1. The van der Waals surface area contributed by atoms with E-state index in [9.17, 15) is 4.79 Å². The summed E-state index contributed by atoms with van der Waals surface area (Å²) in [4.78, 5) is 21.3. The first-order valence-corrected chi connectivity index (χ1v) is 7.84. The number of aryl methyl sites for hydroxylation is 2. The summed E-state index contributed by atoms with van der Waals surface area (Å²) in [7, 11) is 0. The molecule has 0 fully saturated rings. The molecule has 1 amide bonds. The van der Waals surface area contributed by atoms with Crippen molar-refractivity contribution in [3.63, 3.8) is 0 Å². The molecule has 3 aromatic rings. The Morgan fingerprint density at radius 3 is 2.73 bits per heavy atom. The zero-order valence-electron chi connectivity index (χ0n) is 12.8. The van der Waals surface area contributed by atoms with E-state index in [0.717, 1.165) is 11.4 Å². The molecule has 3 aromatic heterocycles. The van der Waals surface area contributed by atoms with Crippen LogP contribution in [0.2, 0.25) is 0 Å². The topological polar surface area (TPSA) is 80.9 Å². The average Bonchev–Trinajstić information content (AvgIpc) is 3.04. The van der Waals surface area contributed by atoms with Gasteiger partial charge in [0.2, 0.25) is 0 Å². The molecule has 0 radical (unpaired) electrons. The predicted molar refractivity (Wildman–Crippen MR) is 85.4 cm³/mol. The average molecular weight is 316 g/mol. The number of nitrogens with zero attached hydrogens (tertiary/aromatic N) is 3. The van der Waals surface area contributed by atoms with Crippen LogP contribution in [0.1, 0.15) is 47.2 Å². The number of nitrogens with one attached hydrogen (secondary N) is 1. The minimum absolute atomic E-state index is 0.184. The van der Waals surface area contributed by atoms with Crippen molar-refractivity contribution in [2.45, 2.75) is 33.6 Å². The van der Waals surface area contributed by atoms with Gasteiger partial charge >= 0.3 is 0 Å². The molecule has 6 nitrogen and oxygen atoms in total. The number of hydrogen-bond acceptors (Lipinski definition) is 6. The van der Waals surface area contributed by atoms with Crippen molar-refractivity contribution in [2.24, 2.45) is 0 Å². The number of carbonyl (C=O) groups excluding carboxylic acids is 1. The summed E-state index contributed by atoms with van der Waals surface area (Å²) in [6, 6.07) is 1.80.